The molecule has 0 aromatic heterocycles. The summed E-state index contributed by atoms with van der Waals surface area (Å²) in [5, 5.41) is 148. The fourth-order valence-electron chi connectivity index (χ4n) is 13.5. The van der Waals surface area contributed by atoms with Crippen LogP contribution in [0.1, 0.15) is 71.6 Å². The Morgan fingerprint density at radius 1 is 0.567 bits per heavy atom. The summed E-state index contributed by atoms with van der Waals surface area (Å²) in [5.74, 6) is -0.805. The molecule has 23 nitrogen and oxygen atoms in total. The predicted octanol–water partition coefficient (Wildman–Crippen LogP) is -5.11. The smallest absolute Gasteiger partial charge is 0.314 e. The van der Waals surface area contributed by atoms with Crippen LogP contribution in [-0.4, -0.2) is 232 Å². The van der Waals surface area contributed by atoms with Crippen molar-refractivity contribution in [3.8, 4) is 0 Å². The molecular formula is C44H70O23. The Morgan fingerprint density at radius 3 is 1.57 bits per heavy atom. The topological polar surface area (TPSA) is 374 Å². The van der Waals surface area contributed by atoms with Crippen LogP contribution in [-0.2, 0) is 42.7 Å². The molecule has 2 bridgehead atoms. The van der Waals surface area contributed by atoms with Crippen LogP contribution in [0.2, 0.25) is 0 Å². The lowest BCUT2D eigenvalue weighted by molar-refractivity contribution is -0.400. The SMILES string of the molecule is C=C1CC23CC[C@H]4[C@@](C)(CCC[C@@]4(C)C(=O)O[C@@H]4O[C@H](CO)[C@@H](O)[C@H](O)[C@H]4O)[C@@H]2CCC1(O[C@@H]1O[C@H](CO)[C@@H](O)[C@H](O[C@@H]2O[C@H](CO)[C@@H](O)[C@H](O)[C@H]2O)[C@H]1O[C@@H]1O[C@H](CO)[C@@H](O)[C@H](O)[C@H]1O)C3. The Hall–Kier alpha value is -1.63. The number of aliphatic hydroxyl groups excluding tert-OH is 14. The van der Waals surface area contributed by atoms with E-state index >= 15 is 0 Å². The zero-order valence-electron chi connectivity index (χ0n) is 37.5. The summed E-state index contributed by atoms with van der Waals surface area (Å²) < 4.78 is 48.2. The molecule has 4 aliphatic heterocycles. The fraction of sp³-hybridized carbons (Fsp3) is 0.932. The van der Waals surface area contributed by atoms with Crippen LogP contribution in [0.5, 0.6) is 0 Å². The van der Waals surface area contributed by atoms with Gasteiger partial charge < -0.3 is 109 Å². The molecule has 4 saturated carbocycles. The van der Waals surface area contributed by atoms with E-state index in [2.05, 4.69) is 13.5 Å². The van der Waals surface area contributed by atoms with Gasteiger partial charge in [-0.15, -0.1) is 0 Å². The highest BCUT2D eigenvalue weighted by molar-refractivity contribution is 5.77. The van der Waals surface area contributed by atoms with Crippen molar-refractivity contribution in [2.24, 2.45) is 28.1 Å². The molecule has 0 radical (unpaired) electrons. The van der Waals surface area contributed by atoms with Crippen LogP contribution in [0.25, 0.3) is 0 Å². The van der Waals surface area contributed by atoms with Crippen LogP contribution in [0.15, 0.2) is 12.2 Å². The number of carbonyl (C=O) groups is 1. The molecule has 0 aromatic carbocycles. The van der Waals surface area contributed by atoms with Crippen molar-refractivity contribution >= 4 is 5.97 Å². The molecule has 26 atom stereocenters. The van der Waals surface area contributed by atoms with Crippen LogP contribution >= 0.6 is 0 Å². The largest absolute Gasteiger partial charge is 0.432 e. The lowest BCUT2D eigenvalue weighted by Crippen LogP contribution is -2.68. The second-order valence-electron chi connectivity index (χ2n) is 20.8. The first-order chi connectivity index (χ1) is 31.6. The van der Waals surface area contributed by atoms with Crippen molar-refractivity contribution < 1.29 is 114 Å². The first-order valence-electron chi connectivity index (χ1n) is 23.4. The molecule has 8 rings (SSSR count). The number of fused-ring (bicyclic) bond motifs is 3. The van der Waals surface area contributed by atoms with Gasteiger partial charge in [0.2, 0.25) is 6.29 Å². The predicted molar refractivity (Wildman–Crippen MR) is 219 cm³/mol. The van der Waals surface area contributed by atoms with Gasteiger partial charge in [0, 0.05) is 0 Å². The van der Waals surface area contributed by atoms with Gasteiger partial charge in [0.15, 0.2) is 18.9 Å². The first-order valence-corrected chi connectivity index (χ1v) is 23.4. The van der Waals surface area contributed by atoms with Crippen molar-refractivity contribution in [2.45, 2.75) is 200 Å². The van der Waals surface area contributed by atoms with Crippen molar-refractivity contribution in [3.05, 3.63) is 12.2 Å². The van der Waals surface area contributed by atoms with Crippen LogP contribution in [0, 0.1) is 28.1 Å². The monoisotopic (exact) mass is 966 g/mol. The molecule has 2 unspecified atom stereocenters. The van der Waals surface area contributed by atoms with E-state index in [4.69, 9.17) is 37.9 Å². The molecule has 384 valence electrons. The fourth-order valence-corrected chi connectivity index (χ4v) is 13.5. The summed E-state index contributed by atoms with van der Waals surface area (Å²) in [7, 11) is 0. The Balaban J connectivity index is 1.06. The molecule has 4 aliphatic carbocycles. The van der Waals surface area contributed by atoms with Gasteiger partial charge in [0.05, 0.1) is 37.4 Å². The third-order valence-electron chi connectivity index (χ3n) is 17.1. The summed E-state index contributed by atoms with van der Waals surface area (Å²) in [6, 6.07) is 0. The molecule has 67 heavy (non-hydrogen) atoms. The van der Waals surface area contributed by atoms with Crippen molar-refractivity contribution in [1.29, 1.82) is 0 Å². The van der Waals surface area contributed by atoms with E-state index in [-0.39, 0.29) is 11.8 Å². The average molecular weight is 967 g/mol. The molecular weight excluding hydrogens is 896 g/mol. The third kappa shape index (κ3) is 8.63. The molecule has 1 spiro atoms. The van der Waals surface area contributed by atoms with Crippen LogP contribution < -0.4 is 0 Å². The number of rotatable bonds is 12. The molecule has 0 aromatic rings. The van der Waals surface area contributed by atoms with Gasteiger partial charge in [0.25, 0.3) is 0 Å². The van der Waals surface area contributed by atoms with E-state index < -0.39 is 177 Å². The number of aliphatic hydroxyl groups is 14. The minimum Gasteiger partial charge on any atom is -0.432 e. The summed E-state index contributed by atoms with van der Waals surface area (Å²) in [5.41, 5.74) is -2.33. The van der Waals surface area contributed by atoms with E-state index in [1.165, 1.54) is 0 Å². The summed E-state index contributed by atoms with van der Waals surface area (Å²) >= 11 is 0. The second-order valence-corrected chi connectivity index (χ2v) is 20.8. The zero-order valence-corrected chi connectivity index (χ0v) is 37.5. The maximum Gasteiger partial charge on any atom is 0.314 e. The summed E-state index contributed by atoms with van der Waals surface area (Å²) in [6.45, 7) is 5.41. The molecule has 0 amide bonds. The minimum atomic E-state index is -1.95. The summed E-state index contributed by atoms with van der Waals surface area (Å²) in [6.07, 6.45) is -29.1. The summed E-state index contributed by atoms with van der Waals surface area (Å²) in [4.78, 5) is 14.3. The standard InChI is InChI=1S/C44H70O23/c1-17-11-43-9-5-22-41(2,7-4-8-42(22,3)40(59)66-38-33(58)30(55)26(51)20(14-47)62-38)23(43)6-10-44(17,16-43)67-39-35(65-37-32(57)29(54)25(50)19(13-46)61-37)34(27(52)21(15-48)63-39)64-36-31(56)28(53)24(49)18(12-45)60-36/h18-39,45-58H,1,4-16H2,2-3H3/t18-,19-,20-,21-,22+,23+,24-,25-,26-,27-,28+,29+,30+,31-,32-,33-,34+,35-,36+,37+,38+,39+,41-,42-,43?,44?/m1/s1. The van der Waals surface area contributed by atoms with Gasteiger partial charge in [-0.2, -0.15) is 0 Å². The molecule has 4 saturated heterocycles. The van der Waals surface area contributed by atoms with E-state index in [1.807, 2.05) is 6.92 Å². The lowest BCUT2D eigenvalue weighted by Gasteiger charge is -2.64. The quantitative estimate of drug-likeness (QED) is 0.0494. The van der Waals surface area contributed by atoms with Crippen LogP contribution in [0.4, 0.5) is 0 Å². The normalized spacial score (nSPS) is 54.5. The maximum atomic E-state index is 14.3. The van der Waals surface area contributed by atoms with E-state index in [1.54, 1.807) is 0 Å². The number of hydrogen-bond donors (Lipinski definition) is 14. The second kappa shape index (κ2) is 19.4. The van der Waals surface area contributed by atoms with Gasteiger partial charge in [0.1, 0.15) is 97.7 Å². The first kappa shape index (κ1) is 51.7. The third-order valence-corrected chi connectivity index (χ3v) is 17.1. The Morgan fingerprint density at radius 2 is 1.03 bits per heavy atom. The average Bonchev–Trinajstić information content (AvgIpc) is 3.50. The molecule has 23 heteroatoms. The molecule has 4 heterocycles. The highest BCUT2D eigenvalue weighted by Crippen LogP contribution is 2.74. The van der Waals surface area contributed by atoms with Gasteiger partial charge >= 0.3 is 5.97 Å². The number of esters is 1. The van der Waals surface area contributed by atoms with Crippen LogP contribution in [0.3, 0.4) is 0 Å². The van der Waals surface area contributed by atoms with Gasteiger partial charge in [-0.1, -0.05) is 19.9 Å². The number of carbonyl (C=O) groups excluding carboxylic acids is 1. The van der Waals surface area contributed by atoms with E-state index in [0.29, 0.717) is 56.9 Å². The molecule has 8 aliphatic rings. The van der Waals surface area contributed by atoms with E-state index in [9.17, 15) is 76.3 Å². The van der Waals surface area contributed by atoms with Crippen molar-refractivity contribution in [3.63, 3.8) is 0 Å². The van der Waals surface area contributed by atoms with Crippen molar-refractivity contribution in [1.82, 2.24) is 0 Å². The lowest BCUT2D eigenvalue weighted by atomic mass is 9.41. The molecule has 14 N–H and O–H groups in total. The maximum absolute atomic E-state index is 14.3. The molecule has 8 fully saturated rings. The minimum absolute atomic E-state index is 0.0251. The number of hydrogen-bond acceptors (Lipinski definition) is 23. The Labute approximate surface area is 386 Å². The Kier molecular flexibility index (Phi) is 15.0. The van der Waals surface area contributed by atoms with Gasteiger partial charge in [-0.25, -0.2) is 0 Å². The Bertz CT molecular complexity index is 1760. The highest BCUT2D eigenvalue weighted by atomic mass is 16.8. The van der Waals surface area contributed by atoms with Crippen molar-refractivity contribution in [2.75, 3.05) is 26.4 Å². The van der Waals surface area contributed by atoms with Gasteiger partial charge in [-0.3, -0.25) is 4.79 Å². The van der Waals surface area contributed by atoms with E-state index in [0.717, 1.165) is 6.42 Å². The zero-order chi connectivity index (χ0) is 48.7. The highest BCUT2D eigenvalue weighted by Gasteiger charge is 2.70. The van der Waals surface area contributed by atoms with Gasteiger partial charge in [-0.05, 0) is 86.5 Å². The number of ether oxygens (including phenoxy) is 8.